The fourth-order valence-electron chi connectivity index (χ4n) is 2.36. The van der Waals surface area contributed by atoms with Crippen molar-refractivity contribution in [3.05, 3.63) is 57.8 Å². The summed E-state index contributed by atoms with van der Waals surface area (Å²) in [6, 6.07) is 6.77. The molecule has 0 unspecified atom stereocenters. The Kier molecular flexibility index (Phi) is 3.48. The van der Waals surface area contributed by atoms with E-state index in [0.29, 0.717) is 27.8 Å². The number of rotatable bonds is 3. The molecule has 3 N–H and O–H groups in total. The first kappa shape index (κ1) is 15.3. The summed E-state index contributed by atoms with van der Waals surface area (Å²) in [6.45, 7) is 3.30. The zero-order chi connectivity index (χ0) is 16.8. The summed E-state index contributed by atoms with van der Waals surface area (Å²) in [4.78, 5) is 16.3. The van der Waals surface area contributed by atoms with Gasteiger partial charge in [0, 0.05) is 0 Å². The monoisotopic (exact) mass is 335 g/mol. The highest BCUT2D eigenvalue weighted by molar-refractivity contribution is 7.92. The van der Waals surface area contributed by atoms with E-state index < -0.39 is 15.8 Å². The second kappa shape index (κ2) is 5.24. The van der Waals surface area contributed by atoms with Gasteiger partial charge in [0.2, 0.25) is 0 Å². The number of imidazole rings is 1. The summed E-state index contributed by atoms with van der Waals surface area (Å²) in [7, 11) is -3.94. The van der Waals surface area contributed by atoms with Gasteiger partial charge in [0.15, 0.2) is 0 Å². The lowest BCUT2D eigenvalue weighted by Gasteiger charge is -2.12. The van der Waals surface area contributed by atoms with Crippen LogP contribution in [0.1, 0.15) is 11.1 Å². The van der Waals surface area contributed by atoms with Gasteiger partial charge in [-0.2, -0.15) is 0 Å². The minimum Gasteiger partial charge on any atom is -0.306 e. The van der Waals surface area contributed by atoms with Crippen LogP contribution in [0.5, 0.6) is 0 Å². The molecule has 0 saturated heterocycles. The van der Waals surface area contributed by atoms with Gasteiger partial charge < -0.3 is 9.97 Å². The molecular weight excluding hydrogens is 321 g/mol. The van der Waals surface area contributed by atoms with Gasteiger partial charge in [-0.1, -0.05) is 6.07 Å². The Morgan fingerprint density at radius 1 is 1.00 bits per heavy atom. The molecule has 0 aliphatic rings. The number of anilines is 1. The number of fused-ring (bicyclic) bond motifs is 1. The lowest BCUT2D eigenvalue weighted by molar-refractivity contribution is 0.594. The average Bonchev–Trinajstić information content (AvgIpc) is 2.80. The highest BCUT2D eigenvalue weighted by Gasteiger charge is 2.19. The van der Waals surface area contributed by atoms with Crippen LogP contribution in [0.2, 0.25) is 0 Å². The van der Waals surface area contributed by atoms with E-state index in [1.54, 1.807) is 19.9 Å². The van der Waals surface area contributed by atoms with Crippen molar-refractivity contribution in [2.24, 2.45) is 0 Å². The van der Waals surface area contributed by atoms with E-state index in [1.807, 2.05) is 0 Å². The van der Waals surface area contributed by atoms with Crippen molar-refractivity contribution in [1.82, 2.24) is 9.97 Å². The lowest BCUT2D eigenvalue weighted by atomic mass is 10.2. The van der Waals surface area contributed by atoms with Gasteiger partial charge in [0.25, 0.3) is 10.0 Å². The third-order valence-electron chi connectivity index (χ3n) is 3.54. The maximum absolute atomic E-state index is 13.4. The topological polar surface area (TPSA) is 94.8 Å². The van der Waals surface area contributed by atoms with Gasteiger partial charge in [-0.3, -0.25) is 4.72 Å². The summed E-state index contributed by atoms with van der Waals surface area (Å²) < 4.78 is 40.8. The number of halogens is 1. The van der Waals surface area contributed by atoms with Crippen LogP contribution in [0.3, 0.4) is 0 Å². The fraction of sp³-hybridized carbons (Fsp3) is 0.133. The zero-order valence-corrected chi connectivity index (χ0v) is 13.2. The molecule has 0 radical (unpaired) electrons. The Balaban J connectivity index is 2.08. The van der Waals surface area contributed by atoms with Gasteiger partial charge >= 0.3 is 5.69 Å². The third-order valence-corrected chi connectivity index (χ3v) is 5.05. The molecule has 3 aromatic rings. The first-order chi connectivity index (χ1) is 10.8. The van der Waals surface area contributed by atoms with Gasteiger partial charge in [-0.25, -0.2) is 17.6 Å². The standard InChI is InChI=1S/C15H14FN3O3S/c1-8-3-4-10(16)6-14(8)23(21,22)19-11-7-13-12(5-9(11)2)17-15(20)18-13/h3-7,19H,1-2H3,(H2,17,18,20). The summed E-state index contributed by atoms with van der Waals surface area (Å²) in [5, 5.41) is 0. The summed E-state index contributed by atoms with van der Waals surface area (Å²) in [5.41, 5.74) is 2.07. The predicted molar refractivity (Wildman–Crippen MR) is 85.6 cm³/mol. The van der Waals surface area contributed by atoms with Crippen molar-refractivity contribution in [2.45, 2.75) is 18.7 Å². The minimum atomic E-state index is -3.94. The Bertz CT molecular complexity index is 1070. The van der Waals surface area contributed by atoms with Gasteiger partial charge in [0.1, 0.15) is 5.82 Å². The molecule has 3 rings (SSSR count). The van der Waals surface area contributed by atoms with Crippen LogP contribution in [0, 0.1) is 19.7 Å². The maximum atomic E-state index is 13.4. The van der Waals surface area contributed by atoms with Crippen molar-refractivity contribution in [3.63, 3.8) is 0 Å². The van der Waals surface area contributed by atoms with Crippen LogP contribution >= 0.6 is 0 Å². The van der Waals surface area contributed by atoms with Crippen LogP contribution in [0.25, 0.3) is 11.0 Å². The van der Waals surface area contributed by atoms with Crippen molar-refractivity contribution in [1.29, 1.82) is 0 Å². The number of sulfonamides is 1. The second-order valence-corrected chi connectivity index (χ2v) is 6.96. The highest BCUT2D eigenvalue weighted by Crippen LogP contribution is 2.25. The molecule has 0 spiro atoms. The number of aromatic amines is 2. The lowest BCUT2D eigenvalue weighted by Crippen LogP contribution is -2.15. The number of hydrogen-bond donors (Lipinski definition) is 3. The molecule has 0 atom stereocenters. The molecule has 2 aromatic carbocycles. The molecule has 120 valence electrons. The maximum Gasteiger partial charge on any atom is 0.323 e. The minimum absolute atomic E-state index is 0.125. The predicted octanol–water partition coefficient (Wildman–Crippen LogP) is 2.41. The van der Waals surface area contributed by atoms with E-state index in [-0.39, 0.29) is 10.6 Å². The molecule has 0 aliphatic carbocycles. The smallest absolute Gasteiger partial charge is 0.306 e. The first-order valence-corrected chi connectivity index (χ1v) is 8.26. The van der Waals surface area contributed by atoms with Crippen molar-refractivity contribution >= 4 is 26.7 Å². The number of H-pyrrole nitrogens is 2. The normalized spacial score (nSPS) is 11.8. The van der Waals surface area contributed by atoms with E-state index in [2.05, 4.69) is 14.7 Å². The third kappa shape index (κ3) is 2.85. The molecule has 23 heavy (non-hydrogen) atoms. The van der Waals surface area contributed by atoms with Crippen molar-refractivity contribution < 1.29 is 12.8 Å². The van der Waals surface area contributed by atoms with Crippen LogP contribution < -0.4 is 10.4 Å². The van der Waals surface area contributed by atoms with Crippen molar-refractivity contribution in [3.8, 4) is 0 Å². The number of aryl methyl sites for hydroxylation is 2. The van der Waals surface area contributed by atoms with Gasteiger partial charge in [-0.15, -0.1) is 0 Å². The molecule has 8 heteroatoms. The summed E-state index contributed by atoms with van der Waals surface area (Å²) in [6.07, 6.45) is 0. The highest BCUT2D eigenvalue weighted by atomic mass is 32.2. The fourth-order valence-corrected chi connectivity index (χ4v) is 3.74. The Morgan fingerprint density at radius 3 is 2.35 bits per heavy atom. The quantitative estimate of drug-likeness (QED) is 0.686. The Morgan fingerprint density at radius 2 is 1.65 bits per heavy atom. The molecular formula is C15H14FN3O3S. The molecule has 0 bridgehead atoms. The number of benzene rings is 2. The van der Waals surface area contributed by atoms with Gasteiger partial charge in [0.05, 0.1) is 21.6 Å². The van der Waals surface area contributed by atoms with Gasteiger partial charge in [-0.05, 0) is 49.2 Å². The molecule has 0 fully saturated rings. The molecule has 0 amide bonds. The van der Waals surface area contributed by atoms with E-state index in [9.17, 15) is 17.6 Å². The van der Waals surface area contributed by atoms with E-state index in [0.717, 1.165) is 6.07 Å². The number of aromatic nitrogens is 2. The van der Waals surface area contributed by atoms with E-state index in [1.165, 1.54) is 18.2 Å². The average molecular weight is 335 g/mol. The summed E-state index contributed by atoms with van der Waals surface area (Å²) in [5.74, 6) is -0.627. The number of nitrogens with one attached hydrogen (secondary N) is 3. The second-order valence-electron chi connectivity index (χ2n) is 5.31. The summed E-state index contributed by atoms with van der Waals surface area (Å²) >= 11 is 0. The van der Waals surface area contributed by atoms with Crippen LogP contribution in [-0.2, 0) is 10.0 Å². The Hall–Kier alpha value is -2.61. The largest absolute Gasteiger partial charge is 0.323 e. The Labute approximate surface area is 131 Å². The molecule has 6 nitrogen and oxygen atoms in total. The van der Waals surface area contributed by atoms with E-state index in [4.69, 9.17) is 0 Å². The molecule has 0 saturated carbocycles. The van der Waals surface area contributed by atoms with Crippen LogP contribution in [-0.4, -0.2) is 18.4 Å². The molecule has 0 aliphatic heterocycles. The van der Waals surface area contributed by atoms with Crippen LogP contribution in [0.4, 0.5) is 10.1 Å². The zero-order valence-electron chi connectivity index (χ0n) is 12.4. The molecule has 1 heterocycles. The van der Waals surface area contributed by atoms with E-state index >= 15 is 0 Å². The number of hydrogen-bond acceptors (Lipinski definition) is 3. The SMILES string of the molecule is Cc1cc2[nH]c(=O)[nH]c2cc1NS(=O)(=O)c1cc(F)ccc1C. The van der Waals surface area contributed by atoms with Crippen molar-refractivity contribution in [2.75, 3.05) is 4.72 Å². The van der Waals surface area contributed by atoms with Crippen LogP contribution in [0.15, 0.2) is 40.0 Å². The first-order valence-electron chi connectivity index (χ1n) is 6.78. The molecule has 1 aromatic heterocycles.